The number of carbonyl (C=O) groups excluding carboxylic acids is 2. The van der Waals surface area contributed by atoms with Crippen LogP contribution in [0, 0.1) is 0 Å². The summed E-state index contributed by atoms with van der Waals surface area (Å²) in [5, 5.41) is -0.223. The number of carbonyl (C=O) groups is 2. The van der Waals surface area contributed by atoms with Crippen molar-refractivity contribution in [2.75, 3.05) is 13.2 Å². The van der Waals surface area contributed by atoms with Gasteiger partial charge in [0.25, 0.3) is 11.1 Å². The van der Waals surface area contributed by atoms with Crippen LogP contribution in [0.25, 0.3) is 6.08 Å². The standard InChI is InChI=1S/C15H14BrNO3S/c1-3-7-20-12-6-5-10(8-11(12)16)9-13-14(18)17(4-2)15(19)21-13/h3,5-6,8-9H,1,4,7H2,2H3/b13-9+. The topological polar surface area (TPSA) is 46.6 Å². The molecule has 4 nitrogen and oxygen atoms in total. The molecule has 2 amide bonds. The van der Waals surface area contributed by atoms with E-state index in [0.29, 0.717) is 23.8 Å². The minimum absolute atomic E-state index is 0.223. The molecule has 110 valence electrons. The van der Waals surface area contributed by atoms with Crippen molar-refractivity contribution >= 4 is 44.9 Å². The molecule has 0 bridgehead atoms. The Kier molecular flexibility index (Phi) is 5.25. The number of likely N-dealkylation sites (N-methyl/N-ethyl adjacent to an activating group) is 1. The predicted octanol–water partition coefficient (Wildman–Crippen LogP) is 4.07. The van der Waals surface area contributed by atoms with E-state index in [0.717, 1.165) is 21.8 Å². The lowest BCUT2D eigenvalue weighted by Crippen LogP contribution is -2.27. The van der Waals surface area contributed by atoms with Crippen molar-refractivity contribution < 1.29 is 14.3 Å². The van der Waals surface area contributed by atoms with Crippen LogP contribution in [-0.2, 0) is 4.79 Å². The van der Waals surface area contributed by atoms with E-state index >= 15 is 0 Å². The summed E-state index contributed by atoms with van der Waals surface area (Å²) in [5.74, 6) is 0.462. The second-order valence-corrected chi connectivity index (χ2v) is 6.06. The molecule has 1 saturated heterocycles. The van der Waals surface area contributed by atoms with Crippen LogP contribution in [0.15, 0.2) is 40.2 Å². The Labute approximate surface area is 136 Å². The summed E-state index contributed by atoms with van der Waals surface area (Å²) in [4.78, 5) is 25.3. The molecule has 6 heteroatoms. The van der Waals surface area contributed by atoms with E-state index in [1.807, 2.05) is 18.2 Å². The molecular weight excluding hydrogens is 354 g/mol. The molecule has 0 unspecified atom stereocenters. The third kappa shape index (κ3) is 3.57. The second-order valence-electron chi connectivity index (χ2n) is 4.22. The molecule has 21 heavy (non-hydrogen) atoms. The molecule has 0 spiro atoms. The van der Waals surface area contributed by atoms with Crippen molar-refractivity contribution in [1.29, 1.82) is 0 Å². The van der Waals surface area contributed by atoms with Gasteiger partial charge in [0, 0.05) is 6.54 Å². The minimum Gasteiger partial charge on any atom is -0.488 e. The number of hydrogen-bond donors (Lipinski definition) is 0. The van der Waals surface area contributed by atoms with E-state index in [-0.39, 0.29) is 11.1 Å². The Balaban J connectivity index is 2.22. The summed E-state index contributed by atoms with van der Waals surface area (Å²) in [6.45, 7) is 6.19. The molecule has 1 heterocycles. The second kappa shape index (κ2) is 6.95. The number of hydrogen-bond acceptors (Lipinski definition) is 4. The normalized spacial score (nSPS) is 16.7. The zero-order valence-corrected chi connectivity index (χ0v) is 13.9. The summed E-state index contributed by atoms with van der Waals surface area (Å²) in [7, 11) is 0. The van der Waals surface area contributed by atoms with Gasteiger partial charge in [0.05, 0.1) is 9.38 Å². The molecule has 0 saturated carbocycles. The lowest BCUT2D eigenvalue weighted by atomic mass is 10.2. The van der Waals surface area contributed by atoms with E-state index in [4.69, 9.17) is 4.74 Å². The Morgan fingerprint density at radius 1 is 1.43 bits per heavy atom. The van der Waals surface area contributed by atoms with Crippen molar-refractivity contribution in [3.05, 3.63) is 45.8 Å². The van der Waals surface area contributed by atoms with Gasteiger partial charge < -0.3 is 4.74 Å². The van der Waals surface area contributed by atoms with Crippen molar-refractivity contribution in [2.24, 2.45) is 0 Å². The Morgan fingerprint density at radius 2 is 2.19 bits per heavy atom. The number of ether oxygens (including phenoxy) is 1. The molecule has 1 fully saturated rings. The van der Waals surface area contributed by atoms with Crippen molar-refractivity contribution in [3.63, 3.8) is 0 Å². The van der Waals surface area contributed by atoms with Crippen LogP contribution in [0.2, 0.25) is 0 Å². The molecule has 0 atom stereocenters. The van der Waals surface area contributed by atoms with E-state index < -0.39 is 0 Å². The SMILES string of the molecule is C=CCOc1ccc(/C=C2/SC(=O)N(CC)C2=O)cc1Br. The lowest BCUT2D eigenvalue weighted by Gasteiger charge is -2.07. The molecule has 0 aliphatic carbocycles. The maximum Gasteiger partial charge on any atom is 0.293 e. The highest BCUT2D eigenvalue weighted by molar-refractivity contribution is 9.10. The molecule has 1 aromatic carbocycles. The smallest absolute Gasteiger partial charge is 0.293 e. The first kappa shape index (κ1) is 15.9. The van der Waals surface area contributed by atoms with E-state index in [9.17, 15) is 9.59 Å². The number of rotatable bonds is 5. The maximum absolute atomic E-state index is 12.0. The number of thioether (sulfide) groups is 1. The first-order valence-electron chi connectivity index (χ1n) is 6.35. The quantitative estimate of drug-likeness (QED) is 0.581. The highest BCUT2D eigenvalue weighted by atomic mass is 79.9. The van der Waals surface area contributed by atoms with Crippen molar-refractivity contribution in [3.8, 4) is 5.75 Å². The molecule has 1 aliphatic heterocycles. The van der Waals surface area contributed by atoms with E-state index in [1.165, 1.54) is 4.90 Å². The first-order chi connectivity index (χ1) is 10.1. The van der Waals surface area contributed by atoms with E-state index in [2.05, 4.69) is 22.5 Å². The van der Waals surface area contributed by atoms with E-state index in [1.54, 1.807) is 19.1 Å². The molecule has 0 aromatic heterocycles. The minimum atomic E-state index is -0.240. The Hall–Kier alpha value is -1.53. The van der Waals surface area contributed by atoms with Crippen LogP contribution < -0.4 is 4.74 Å². The largest absolute Gasteiger partial charge is 0.488 e. The van der Waals surface area contributed by atoms with Gasteiger partial charge in [-0.05, 0) is 58.4 Å². The molecule has 0 radical (unpaired) electrons. The van der Waals surface area contributed by atoms with Gasteiger partial charge in [0.15, 0.2) is 0 Å². The summed E-state index contributed by atoms with van der Waals surface area (Å²) in [6, 6.07) is 5.49. The van der Waals surface area contributed by atoms with Crippen LogP contribution >= 0.6 is 27.7 Å². The molecular formula is C15H14BrNO3S. The monoisotopic (exact) mass is 367 g/mol. The number of benzene rings is 1. The fraction of sp³-hybridized carbons (Fsp3) is 0.200. The van der Waals surface area contributed by atoms with Gasteiger partial charge in [0.2, 0.25) is 0 Å². The Bertz CT molecular complexity index is 627. The summed E-state index contributed by atoms with van der Waals surface area (Å²) >= 11 is 4.39. The van der Waals surface area contributed by atoms with Gasteiger partial charge in [-0.25, -0.2) is 0 Å². The van der Waals surface area contributed by atoms with Crippen LogP contribution in [-0.4, -0.2) is 29.2 Å². The highest BCUT2D eigenvalue weighted by Crippen LogP contribution is 2.33. The van der Waals surface area contributed by atoms with Crippen molar-refractivity contribution in [2.45, 2.75) is 6.92 Å². The van der Waals surface area contributed by atoms with Gasteiger partial charge >= 0.3 is 0 Å². The van der Waals surface area contributed by atoms with Gasteiger partial charge in [0.1, 0.15) is 12.4 Å². The fourth-order valence-corrected chi connectivity index (χ4v) is 3.21. The van der Waals surface area contributed by atoms with Gasteiger partial charge in [-0.1, -0.05) is 18.7 Å². The van der Waals surface area contributed by atoms with Gasteiger partial charge in [-0.15, -0.1) is 0 Å². The summed E-state index contributed by atoms with van der Waals surface area (Å²) in [5.41, 5.74) is 0.828. The van der Waals surface area contributed by atoms with Crippen LogP contribution in [0.1, 0.15) is 12.5 Å². The van der Waals surface area contributed by atoms with Crippen LogP contribution in [0.5, 0.6) is 5.75 Å². The van der Waals surface area contributed by atoms with Gasteiger partial charge in [-0.2, -0.15) is 0 Å². The highest BCUT2D eigenvalue weighted by Gasteiger charge is 2.33. The van der Waals surface area contributed by atoms with Crippen LogP contribution in [0.4, 0.5) is 4.79 Å². The molecule has 1 aromatic rings. The maximum atomic E-state index is 12.0. The average Bonchev–Trinajstić information content (AvgIpc) is 2.72. The first-order valence-corrected chi connectivity index (χ1v) is 7.96. The molecule has 1 aliphatic rings. The molecule has 2 rings (SSSR count). The predicted molar refractivity (Wildman–Crippen MR) is 88.2 cm³/mol. The number of amides is 2. The summed E-state index contributed by atoms with van der Waals surface area (Å²) < 4.78 is 6.25. The average molecular weight is 368 g/mol. The van der Waals surface area contributed by atoms with Crippen LogP contribution in [0.3, 0.4) is 0 Å². The lowest BCUT2D eigenvalue weighted by molar-refractivity contribution is -0.122. The number of halogens is 1. The number of imide groups is 1. The molecule has 0 N–H and O–H groups in total. The third-order valence-electron chi connectivity index (χ3n) is 2.80. The zero-order chi connectivity index (χ0) is 15.4. The fourth-order valence-electron chi connectivity index (χ4n) is 1.80. The summed E-state index contributed by atoms with van der Waals surface area (Å²) in [6.07, 6.45) is 3.38. The number of nitrogens with zero attached hydrogens (tertiary/aromatic N) is 1. The third-order valence-corrected chi connectivity index (χ3v) is 4.33. The Morgan fingerprint density at radius 3 is 2.76 bits per heavy atom. The van der Waals surface area contributed by atoms with Crippen molar-refractivity contribution in [1.82, 2.24) is 4.90 Å². The zero-order valence-electron chi connectivity index (χ0n) is 11.5. The van der Waals surface area contributed by atoms with Gasteiger partial charge in [-0.3, -0.25) is 14.5 Å².